The first kappa shape index (κ1) is 18.1. The third-order valence-corrected chi connectivity index (χ3v) is 5.77. The zero-order valence-electron chi connectivity index (χ0n) is 15.4. The predicted octanol–water partition coefficient (Wildman–Crippen LogP) is 4.00. The molecule has 1 atom stereocenters. The first-order chi connectivity index (χ1) is 13.2. The van der Waals surface area contributed by atoms with E-state index in [2.05, 4.69) is 22.9 Å². The van der Waals surface area contributed by atoms with Crippen LogP contribution >= 0.6 is 11.3 Å². The highest BCUT2D eigenvalue weighted by atomic mass is 32.1. The molecule has 142 valence electrons. The van der Waals surface area contributed by atoms with Crippen molar-refractivity contribution in [2.45, 2.75) is 32.4 Å². The van der Waals surface area contributed by atoms with Crippen LogP contribution < -0.4 is 10.1 Å². The second-order valence-corrected chi connectivity index (χ2v) is 8.08. The molecule has 1 saturated heterocycles. The Bertz CT molecular complexity index is 910. The van der Waals surface area contributed by atoms with Gasteiger partial charge in [0.05, 0.1) is 22.9 Å². The number of thiophene rings is 1. The van der Waals surface area contributed by atoms with Gasteiger partial charge in [0.15, 0.2) is 0 Å². The maximum absolute atomic E-state index is 12.8. The molecular formula is C21H24N2O3S. The molecule has 0 unspecified atom stereocenters. The SMILES string of the molecule is Cc1cc2c(cc(C(=O)NC[C@H]3CCCO3)n2CCOc2ccccc2)s1. The van der Waals surface area contributed by atoms with Crippen molar-refractivity contribution in [2.75, 3.05) is 19.8 Å². The van der Waals surface area contributed by atoms with Crippen LogP contribution in [0.1, 0.15) is 28.2 Å². The molecule has 1 N–H and O–H groups in total. The Morgan fingerprint density at radius 2 is 2.19 bits per heavy atom. The van der Waals surface area contributed by atoms with Crippen molar-refractivity contribution in [1.82, 2.24) is 9.88 Å². The summed E-state index contributed by atoms with van der Waals surface area (Å²) in [5, 5.41) is 3.03. The highest BCUT2D eigenvalue weighted by Gasteiger charge is 2.20. The van der Waals surface area contributed by atoms with Gasteiger partial charge in [0, 0.05) is 18.0 Å². The molecule has 0 bridgehead atoms. The van der Waals surface area contributed by atoms with Gasteiger partial charge in [0.1, 0.15) is 18.1 Å². The molecule has 1 fully saturated rings. The van der Waals surface area contributed by atoms with Crippen molar-refractivity contribution < 1.29 is 14.3 Å². The maximum atomic E-state index is 12.8. The number of amides is 1. The zero-order chi connectivity index (χ0) is 18.6. The Kier molecular flexibility index (Phi) is 5.45. The lowest BCUT2D eigenvalue weighted by Gasteiger charge is -2.14. The van der Waals surface area contributed by atoms with Crippen LogP contribution in [0.5, 0.6) is 5.75 Å². The molecule has 0 aliphatic carbocycles. The van der Waals surface area contributed by atoms with E-state index < -0.39 is 0 Å². The van der Waals surface area contributed by atoms with Gasteiger partial charge in [0.2, 0.25) is 0 Å². The van der Waals surface area contributed by atoms with E-state index in [4.69, 9.17) is 9.47 Å². The number of rotatable bonds is 7. The Morgan fingerprint density at radius 1 is 1.33 bits per heavy atom. The Labute approximate surface area is 162 Å². The van der Waals surface area contributed by atoms with E-state index in [9.17, 15) is 4.79 Å². The average molecular weight is 385 g/mol. The monoisotopic (exact) mass is 384 g/mol. The van der Waals surface area contributed by atoms with Crippen LogP contribution in [-0.2, 0) is 11.3 Å². The number of hydrogen-bond acceptors (Lipinski definition) is 4. The van der Waals surface area contributed by atoms with Gasteiger partial charge in [-0.3, -0.25) is 4.79 Å². The van der Waals surface area contributed by atoms with Crippen molar-refractivity contribution in [3.8, 4) is 5.75 Å². The van der Waals surface area contributed by atoms with Crippen LogP contribution in [0.4, 0.5) is 0 Å². The van der Waals surface area contributed by atoms with Crippen LogP contribution in [-0.4, -0.2) is 36.3 Å². The summed E-state index contributed by atoms with van der Waals surface area (Å²) in [6, 6.07) is 13.9. The fourth-order valence-corrected chi connectivity index (χ4v) is 4.43. The molecule has 27 heavy (non-hydrogen) atoms. The molecule has 0 radical (unpaired) electrons. The van der Waals surface area contributed by atoms with Crippen LogP contribution in [0.25, 0.3) is 10.2 Å². The molecule has 1 aromatic carbocycles. The van der Waals surface area contributed by atoms with Gasteiger partial charge in [-0.05, 0) is 44.0 Å². The van der Waals surface area contributed by atoms with E-state index in [1.807, 2.05) is 36.4 Å². The van der Waals surface area contributed by atoms with E-state index in [0.29, 0.717) is 25.4 Å². The number of nitrogens with one attached hydrogen (secondary N) is 1. The summed E-state index contributed by atoms with van der Waals surface area (Å²) >= 11 is 1.71. The lowest BCUT2D eigenvalue weighted by molar-refractivity contribution is 0.0850. The highest BCUT2D eigenvalue weighted by Crippen LogP contribution is 2.29. The number of aromatic nitrogens is 1. The summed E-state index contributed by atoms with van der Waals surface area (Å²) in [4.78, 5) is 14.0. The van der Waals surface area contributed by atoms with E-state index in [0.717, 1.165) is 35.4 Å². The van der Waals surface area contributed by atoms with Crippen molar-refractivity contribution in [3.63, 3.8) is 0 Å². The Balaban J connectivity index is 1.48. The number of aryl methyl sites for hydroxylation is 1. The zero-order valence-corrected chi connectivity index (χ0v) is 16.3. The molecule has 4 rings (SSSR count). The number of ether oxygens (including phenoxy) is 2. The van der Waals surface area contributed by atoms with Crippen LogP contribution in [0, 0.1) is 6.92 Å². The summed E-state index contributed by atoms with van der Waals surface area (Å²) in [6.45, 7) is 4.58. The van der Waals surface area contributed by atoms with Crippen LogP contribution in [0.15, 0.2) is 42.5 Å². The van der Waals surface area contributed by atoms with E-state index in [1.165, 1.54) is 4.88 Å². The van der Waals surface area contributed by atoms with Gasteiger partial charge >= 0.3 is 0 Å². The molecule has 3 aromatic rings. The molecule has 0 saturated carbocycles. The first-order valence-electron chi connectivity index (χ1n) is 9.38. The molecule has 1 amide bonds. The number of nitrogens with zero attached hydrogens (tertiary/aromatic N) is 1. The van der Waals surface area contributed by atoms with Gasteiger partial charge in [-0.15, -0.1) is 11.3 Å². The average Bonchev–Trinajstić information content (AvgIpc) is 3.38. The maximum Gasteiger partial charge on any atom is 0.268 e. The fourth-order valence-electron chi connectivity index (χ4n) is 3.47. The van der Waals surface area contributed by atoms with E-state index in [-0.39, 0.29) is 12.0 Å². The minimum absolute atomic E-state index is 0.0498. The summed E-state index contributed by atoms with van der Waals surface area (Å²) in [5.41, 5.74) is 1.78. The van der Waals surface area contributed by atoms with Gasteiger partial charge in [0.25, 0.3) is 5.91 Å². The second-order valence-electron chi connectivity index (χ2n) is 6.79. The molecular weight excluding hydrogens is 360 g/mol. The smallest absolute Gasteiger partial charge is 0.268 e. The van der Waals surface area contributed by atoms with E-state index >= 15 is 0 Å². The first-order valence-corrected chi connectivity index (χ1v) is 10.2. The minimum Gasteiger partial charge on any atom is -0.492 e. The molecule has 2 aromatic heterocycles. The highest BCUT2D eigenvalue weighted by molar-refractivity contribution is 7.19. The molecule has 0 spiro atoms. The van der Waals surface area contributed by atoms with Crippen LogP contribution in [0.3, 0.4) is 0 Å². The Morgan fingerprint density at radius 3 is 2.96 bits per heavy atom. The van der Waals surface area contributed by atoms with Crippen molar-refractivity contribution >= 4 is 27.5 Å². The fraction of sp³-hybridized carbons (Fsp3) is 0.381. The third kappa shape index (κ3) is 4.17. The van der Waals surface area contributed by atoms with Gasteiger partial charge in [-0.1, -0.05) is 18.2 Å². The summed E-state index contributed by atoms with van der Waals surface area (Å²) < 4.78 is 14.6. The quantitative estimate of drug-likeness (QED) is 0.670. The number of para-hydroxylation sites is 1. The Hall–Kier alpha value is -2.31. The van der Waals surface area contributed by atoms with Crippen molar-refractivity contribution in [3.05, 3.63) is 53.0 Å². The van der Waals surface area contributed by atoms with Crippen molar-refractivity contribution in [1.29, 1.82) is 0 Å². The second kappa shape index (κ2) is 8.15. The van der Waals surface area contributed by atoms with Crippen LogP contribution in [0.2, 0.25) is 0 Å². The number of hydrogen-bond donors (Lipinski definition) is 1. The predicted molar refractivity (Wildman–Crippen MR) is 108 cm³/mol. The molecule has 6 heteroatoms. The number of carbonyl (C=O) groups is 1. The standard InChI is InChI=1S/C21H24N2O3S/c1-15-12-18-20(27-15)13-19(21(24)22-14-17-8-5-10-25-17)23(18)9-11-26-16-6-3-2-4-7-16/h2-4,6-7,12-13,17H,5,8-11,14H2,1H3,(H,22,24)/t17-/m1/s1. The largest absolute Gasteiger partial charge is 0.492 e. The summed E-state index contributed by atoms with van der Waals surface area (Å²) in [7, 11) is 0. The van der Waals surface area contributed by atoms with E-state index in [1.54, 1.807) is 11.3 Å². The molecule has 1 aliphatic heterocycles. The molecule has 5 nitrogen and oxygen atoms in total. The molecule has 1 aliphatic rings. The van der Waals surface area contributed by atoms with Gasteiger partial charge in [-0.25, -0.2) is 0 Å². The molecule has 3 heterocycles. The van der Waals surface area contributed by atoms with Crippen molar-refractivity contribution in [2.24, 2.45) is 0 Å². The lowest BCUT2D eigenvalue weighted by Crippen LogP contribution is -2.33. The number of benzene rings is 1. The lowest BCUT2D eigenvalue weighted by atomic mass is 10.2. The van der Waals surface area contributed by atoms with Gasteiger partial charge in [-0.2, -0.15) is 0 Å². The van der Waals surface area contributed by atoms with Gasteiger partial charge < -0.3 is 19.4 Å². The number of carbonyl (C=O) groups excluding carboxylic acids is 1. The third-order valence-electron chi connectivity index (χ3n) is 4.79. The minimum atomic E-state index is -0.0498. The number of fused-ring (bicyclic) bond motifs is 1. The summed E-state index contributed by atoms with van der Waals surface area (Å²) in [5.74, 6) is 0.790. The summed E-state index contributed by atoms with van der Waals surface area (Å²) in [6.07, 6.45) is 2.23. The topological polar surface area (TPSA) is 52.5 Å². The normalized spacial score (nSPS) is 16.7.